The molecule has 2 aliphatic rings. The van der Waals surface area contributed by atoms with Crippen molar-refractivity contribution in [1.82, 2.24) is 19.9 Å². The Morgan fingerprint density at radius 2 is 1.69 bits per heavy atom. The number of carbonyl (C=O) groups is 1. The number of nitrogens with zero attached hydrogens (tertiary/aromatic N) is 3. The van der Waals surface area contributed by atoms with Gasteiger partial charge in [-0.1, -0.05) is 52.2 Å². The van der Waals surface area contributed by atoms with Crippen molar-refractivity contribution in [3.63, 3.8) is 0 Å². The van der Waals surface area contributed by atoms with Crippen molar-refractivity contribution in [1.29, 1.82) is 0 Å². The summed E-state index contributed by atoms with van der Waals surface area (Å²) in [5, 5.41) is 6.58. The Balaban J connectivity index is 1.53. The molecule has 2 fully saturated rings. The van der Waals surface area contributed by atoms with Crippen LogP contribution in [0.25, 0.3) is 22.4 Å². The van der Waals surface area contributed by atoms with Gasteiger partial charge in [-0.2, -0.15) is 0 Å². The van der Waals surface area contributed by atoms with Crippen LogP contribution in [0.4, 0.5) is 5.95 Å². The Kier molecular flexibility index (Phi) is 9.36. The number of carbonyl (C=O) groups excluding carboxylic acids is 1. The summed E-state index contributed by atoms with van der Waals surface area (Å²) >= 11 is 0. The van der Waals surface area contributed by atoms with Crippen LogP contribution in [0.15, 0.2) is 36.7 Å². The average Bonchev–Trinajstić information content (AvgIpc) is 3.29. The van der Waals surface area contributed by atoms with Crippen LogP contribution in [0.2, 0.25) is 0 Å². The summed E-state index contributed by atoms with van der Waals surface area (Å²) in [6.45, 7) is 15.4. The Labute approximate surface area is 251 Å². The second-order valence-corrected chi connectivity index (χ2v) is 13.6. The highest BCUT2D eigenvalue weighted by molar-refractivity contribution is 5.97. The van der Waals surface area contributed by atoms with E-state index in [2.05, 4.69) is 91.0 Å². The van der Waals surface area contributed by atoms with Crippen LogP contribution < -0.4 is 10.6 Å². The van der Waals surface area contributed by atoms with E-state index in [1.54, 1.807) is 0 Å². The van der Waals surface area contributed by atoms with Crippen molar-refractivity contribution < 1.29 is 9.53 Å². The number of benzene rings is 1. The standard InChI is InChI=1S/C35H49N5O2/c1-23(2)38-34-36-20-27(21-37-34)29-13-12-26(18-31(29)35(4,5)6)32-19-30(33(41)39-28-14-16-42-17-15-28)24(3)40(32)22-25-10-8-7-9-11-25/h12-13,18-21,23,25,28H,7-11,14-17,22H2,1-6H3,(H,39,41)(H,36,37,38). The number of aromatic nitrogens is 3. The predicted molar refractivity (Wildman–Crippen MR) is 171 cm³/mol. The summed E-state index contributed by atoms with van der Waals surface area (Å²) in [6.07, 6.45) is 12.0. The third-order valence-corrected chi connectivity index (χ3v) is 8.84. The molecule has 1 aliphatic heterocycles. The van der Waals surface area contributed by atoms with Crippen LogP contribution in [-0.2, 0) is 16.7 Å². The predicted octanol–water partition coefficient (Wildman–Crippen LogP) is 7.53. The van der Waals surface area contributed by atoms with Gasteiger partial charge < -0.3 is 19.9 Å². The minimum Gasteiger partial charge on any atom is -0.381 e. The molecule has 3 aromatic rings. The molecule has 42 heavy (non-hydrogen) atoms. The highest BCUT2D eigenvalue weighted by Crippen LogP contribution is 2.38. The van der Waals surface area contributed by atoms with Crippen molar-refractivity contribution in [2.24, 2.45) is 5.92 Å². The molecule has 1 aromatic carbocycles. The highest BCUT2D eigenvalue weighted by Gasteiger charge is 2.26. The molecular weight excluding hydrogens is 522 g/mol. The Morgan fingerprint density at radius 1 is 1.00 bits per heavy atom. The SMILES string of the molecule is Cc1c(C(=O)NC2CCOCC2)cc(-c2ccc(-c3cnc(NC(C)C)nc3)c(C(C)(C)C)c2)n1CC1CCCCC1. The lowest BCUT2D eigenvalue weighted by Crippen LogP contribution is -2.39. The van der Waals surface area contributed by atoms with Crippen molar-refractivity contribution in [3.05, 3.63) is 53.5 Å². The first kappa shape index (κ1) is 30.3. The lowest BCUT2D eigenvalue weighted by molar-refractivity contribution is 0.0696. The van der Waals surface area contributed by atoms with Crippen molar-refractivity contribution in [2.45, 2.75) is 111 Å². The first-order chi connectivity index (χ1) is 20.1. The first-order valence-corrected chi connectivity index (χ1v) is 15.9. The van der Waals surface area contributed by atoms with E-state index in [4.69, 9.17) is 4.74 Å². The molecule has 0 atom stereocenters. The normalized spacial score (nSPS) is 17.0. The maximum Gasteiger partial charge on any atom is 0.253 e. The van der Waals surface area contributed by atoms with Gasteiger partial charge in [-0.05, 0) is 86.6 Å². The van der Waals surface area contributed by atoms with Crippen LogP contribution in [0, 0.1) is 12.8 Å². The molecule has 0 spiro atoms. The van der Waals surface area contributed by atoms with Gasteiger partial charge in [0.05, 0.1) is 5.56 Å². The molecule has 0 bridgehead atoms. The van der Waals surface area contributed by atoms with Crippen molar-refractivity contribution in [3.8, 4) is 22.4 Å². The molecular formula is C35H49N5O2. The smallest absolute Gasteiger partial charge is 0.253 e. The topological polar surface area (TPSA) is 81.1 Å². The van der Waals surface area contributed by atoms with Gasteiger partial charge in [-0.3, -0.25) is 4.79 Å². The maximum atomic E-state index is 13.6. The van der Waals surface area contributed by atoms with Crippen LogP contribution in [0.5, 0.6) is 0 Å². The van der Waals surface area contributed by atoms with Crippen molar-refractivity contribution >= 4 is 11.9 Å². The minimum absolute atomic E-state index is 0.0305. The monoisotopic (exact) mass is 571 g/mol. The molecule has 3 heterocycles. The van der Waals surface area contributed by atoms with E-state index in [1.807, 2.05) is 12.4 Å². The summed E-state index contributed by atoms with van der Waals surface area (Å²) in [7, 11) is 0. The van der Waals surface area contributed by atoms with Crippen molar-refractivity contribution in [2.75, 3.05) is 18.5 Å². The fourth-order valence-electron chi connectivity index (χ4n) is 6.46. The van der Waals surface area contributed by atoms with E-state index in [0.717, 1.165) is 53.0 Å². The van der Waals surface area contributed by atoms with E-state index in [-0.39, 0.29) is 23.4 Å². The van der Waals surface area contributed by atoms with Crippen LogP contribution in [-0.4, -0.2) is 45.7 Å². The molecule has 2 aromatic heterocycles. The van der Waals surface area contributed by atoms with E-state index >= 15 is 0 Å². The van der Waals surface area contributed by atoms with Gasteiger partial charge in [-0.25, -0.2) is 9.97 Å². The summed E-state index contributed by atoms with van der Waals surface area (Å²) < 4.78 is 7.93. The number of anilines is 1. The summed E-state index contributed by atoms with van der Waals surface area (Å²) in [6, 6.07) is 9.31. The number of hydrogen-bond acceptors (Lipinski definition) is 5. The number of amides is 1. The fraction of sp³-hybridized carbons (Fsp3) is 0.571. The number of ether oxygens (including phenoxy) is 1. The zero-order valence-electron chi connectivity index (χ0n) is 26.4. The summed E-state index contributed by atoms with van der Waals surface area (Å²) in [5.74, 6) is 1.32. The fourth-order valence-corrected chi connectivity index (χ4v) is 6.46. The first-order valence-electron chi connectivity index (χ1n) is 15.9. The van der Waals surface area contributed by atoms with Crippen LogP contribution in [0.1, 0.15) is 101 Å². The summed E-state index contributed by atoms with van der Waals surface area (Å²) in [5.41, 5.74) is 7.40. The van der Waals surface area contributed by atoms with Gasteiger partial charge in [0.1, 0.15) is 0 Å². The number of rotatable bonds is 8. The summed E-state index contributed by atoms with van der Waals surface area (Å²) in [4.78, 5) is 22.8. The molecule has 0 radical (unpaired) electrons. The van der Waals surface area contributed by atoms with Gasteiger partial charge in [0, 0.05) is 61.2 Å². The van der Waals surface area contributed by atoms with E-state index in [9.17, 15) is 4.79 Å². The molecule has 0 unspecified atom stereocenters. The lowest BCUT2D eigenvalue weighted by Gasteiger charge is -2.26. The lowest BCUT2D eigenvalue weighted by atomic mass is 9.81. The Bertz CT molecular complexity index is 1360. The molecule has 1 saturated heterocycles. The van der Waals surface area contributed by atoms with Gasteiger partial charge in [-0.15, -0.1) is 0 Å². The third-order valence-electron chi connectivity index (χ3n) is 8.84. The van der Waals surface area contributed by atoms with Gasteiger partial charge >= 0.3 is 0 Å². The van der Waals surface area contributed by atoms with Crippen LogP contribution >= 0.6 is 0 Å². The number of hydrogen-bond donors (Lipinski definition) is 2. The van der Waals surface area contributed by atoms with Crippen LogP contribution in [0.3, 0.4) is 0 Å². The minimum atomic E-state index is -0.0979. The molecule has 1 amide bonds. The second kappa shape index (κ2) is 13.0. The third kappa shape index (κ3) is 7.05. The average molecular weight is 572 g/mol. The van der Waals surface area contributed by atoms with Gasteiger partial charge in [0.25, 0.3) is 5.91 Å². The maximum absolute atomic E-state index is 13.6. The Morgan fingerprint density at radius 3 is 2.33 bits per heavy atom. The molecule has 226 valence electrons. The van der Waals surface area contributed by atoms with E-state index < -0.39 is 0 Å². The van der Waals surface area contributed by atoms with Gasteiger partial charge in [0.2, 0.25) is 5.95 Å². The highest BCUT2D eigenvalue weighted by atomic mass is 16.5. The largest absolute Gasteiger partial charge is 0.381 e. The second-order valence-electron chi connectivity index (χ2n) is 13.6. The quantitative estimate of drug-likeness (QED) is 0.292. The molecule has 7 heteroatoms. The molecule has 7 nitrogen and oxygen atoms in total. The molecule has 5 rings (SSSR count). The molecule has 1 aliphatic carbocycles. The van der Waals surface area contributed by atoms with E-state index in [1.165, 1.54) is 37.7 Å². The number of nitrogens with one attached hydrogen (secondary N) is 2. The Hall–Kier alpha value is -3.19. The van der Waals surface area contributed by atoms with Gasteiger partial charge in [0.15, 0.2) is 0 Å². The van der Waals surface area contributed by atoms with E-state index in [0.29, 0.717) is 25.1 Å². The molecule has 1 saturated carbocycles. The molecule has 2 N–H and O–H groups in total. The zero-order valence-corrected chi connectivity index (χ0v) is 26.4. The zero-order chi connectivity index (χ0) is 29.9.